The monoisotopic (exact) mass is 288 g/mol. The smallest absolute Gasteiger partial charge is 0.326 e. The maximum Gasteiger partial charge on any atom is 0.326 e. The lowest BCUT2D eigenvalue weighted by Gasteiger charge is -2.23. The van der Waals surface area contributed by atoms with Crippen molar-refractivity contribution in [2.75, 3.05) is 11.5 Å². The summed E-state index contributed by atoms with van der Waals surface area (Å²) >= 11 is 0. The number of carbonyl (C=O) groups excluding carboxylic acids is 1. The molecule has 2 fully saturated rings. The van der Waals surface area contributed by atoms with Gasteiger partial charge in [-0.3, -0.25) is 4.21 Å². The van der Waals surface area contributed by atoms with Crippen molar-refractivity contribution in [3.63, 3.8) is 0 Å². The number of carboxylic acid groups (broad SMARTS) is 1. The average Bonchev–Trinajstić information content (AvgIpc) is 3.15. The van der Waals surface area contributed by atoms with Gasteiger partial charge in [-0.25, -0.2) is 9.59 Å². The zero-order valence-corrected chi connectivity index (χ0v) is 11.6. The molecule has 2 rings (SSSR count). The van der Waals surface area contributed by atoms with Crippen LogP contribution >= 0.6 is 0 Å². The second-order valence-corrected chi connectivity index (χ2v) is 7.01. The number of aliphatic carboxylic acids is 1. The molecule has 0 aromatic rings. The van der Waals surface area contributed by atoms with Gasteiger partial charge in [0, 0.05) is 28.3 Å². The lowest BCUT2D eigenvalue weighted by Crippen LogP contribution is -2.50. The summed E-state index contributed by atoms with van der Waals surface area (Å²) in [7, 11) is -0.759. The highest BCUT2D eigenvalue weighted by Gasteiger charge is 2.30. The highest BCUT2D eigenvalue weighted by atomic mass is 32.2. The fraction of sp³-hybridized carbons (Fsp3) is 0.833. The van der Waals surface area contributed by atoms with Crippen LogP contribution in [0.25, 0.3) is 0 Å². The van der Waals surface area contributed by atoms with Crippen LogP contribution < -0.4 is 10.6 Å². The predicted octanol–water partition coefficient (Wildman–Crippen LogP) is 0.450. The molecule has 2 amide bonds. The first-order chi connectivity index (χ1) is 9.04. The summed E-state index contributed by atoms with van der Waals surface area (Å²) in [6.07, 6.45) is 4.02. The van der Waals surface area contributed by atoms with Gasteiger partial charge in [-0.1, -0.05) is 12.8 Å². The van der Waals surface area contributed by atoms with Gasteiger partial charge in [0.25, 0.3) is 0 Å². The van der Waals surface area contributed by atoms with E-state index in [0.717, 1.165) is 12.8 Å². The molecular formula is C12H20N2O4S. The van der Waals surface area contributed by atoms with Gasteiger partial charge in [-0.05, 0) is 25.2 Å². The van der Waals surface area contributed by atoms with Gasteiger partial charge in [0.05, 0.1) is 0 Å². The minimum absolute atomic E-state index is 0.00747. The standard InChI is InChI=1S/C12H20N2O4S/c15-11(16)10(7-8-1-2-8)14-12(17)13-9-3-5-19(18)6-4-9/h8-10H,1-7H2,(H,15,16)(H2,13,14,17)/t9?,10-,19?/m0/s1. The number of rotatable bonds is 5. The molecule has 1 heterocycles. The minimum atomic E-state index is -0.980. The Bertz CT molecular complexity index is 374. The van der Waals surface area contributed by atoms with Gasteiger partial charge in [0.2, 0.25) is 0 Å². The number of carboxylic acids is 1. The lowest BCUT2D eigenvalue weighted by atomic mass is 10.1. The van der Waals surface area contributed by atoms with E-state index in [-0.39, 0.29) is 6.04 Å². The number of hydrogen-bond donors (Lipinski definition) is 3. The Morgan fingerprint density at radius 3 is 2.37 bits per heavy atom. The first-order valence-corrected chi connectivity index (χ1v) is 8.18. The van der Waals surface area contributed by atoms with Crippen molar-refractivity contribution < 1.29 is 18.9 Å². The molecule has 0 aromatic heterocycles. The summed E-state index contributed by atoms with van der Waals surface area (Å²) in [4.78, 5) is 22.8. The molecule has 0 spiro atoms. The van der Waals surface area contributed by atoms with E-state index in [0.29, 0.717) is 36.7 Å². The van der Waals surface area contributed by atoms with Gasteiger partial charge in [-0.15, -0.1) is 0 Å². The van der Waals surface area contributed by atoms with Crippen molar-refractivity contribution in [2.24, 2.45) is 5.92 Å². The van der Waals surface area contributed by atoms with Crippen molar-refractivity contribution in [2.45, 2.75) is 44.2 Å². The summed E-state index contributed by atoms with van der Waals surface area (Å²) in [5, 5.41) is 14.3. The van der Waals surface area contributed by atoms with Crippen LogP contribution in [0.1, 0.15) is 32.1 Å². The van der Waals surface area contributed by atoms with Crippen molar-refractivity contribution in [3.8, 4) is 0 Å². The predicted molar refractivity (Wildman–Crippen MR) is 71.3 cm³/mol. The summed E-state index contributed by atoms with van der Waals surface area (Å²) in [5.74, 6) is 0.676. The molecule has 1 aliphatic carbocycles. The molecule has 0 radical (unpaired) electrons. The van der Waals surface area contributed by atoms with E-state index in [4.69, 9.17) is 5.11 Å². The normalized spacial score (nSPS) is 28.4. The molecule has 7 heteroatoms. The van der Waals surface area contributed by atoms with Crippen molar-refractivity contribution >= 4 is 22.8 Å². The quantitative estimate of drug-likeness (QED) is 0.684. The maximum absolute atomic E-state index is 11.7. The fourth-order valence-electron chi connectivity index (χ4n) is 2.23. The Hall–Kier alpha value is -1.11. The number of urea groups is 1. The van der Waals surface area contributed by atoms with E-state index in [1.807, 2.05) is 0 Å². The molecule has 19 heavy (non-hydrogen) atoms. The van der Waals surface area contributed by atoms with E-state index in [2.05, 4.69) is 10.6 Å². The molecule has 0 bridgehead atoms. The second kappa shape index (κ2) is 6.36. The zero-order chi connectivity index (χ0) is 13.8. The Balaban J connectivity index is 1.75. The molecule has 0 aromatic carbocycles. The first-order valence-electron chi connectivity index (χ1n) is 6.69. The molecule has 1 atom stereocenters. The van der Waals surface area contributed by atoms with E-state index < -0.39 is 28.8 Å². The topological polar surface area (TPSA) is 95.5 Å². The number of nitrogens with one attached hydrogen (secondary N) is 2. The molecule has 1 aliphatic heterocycles. The first kappa shape index (κ1) is 14.3. The highest BCUT2D eigenvalue weighted by Crippen LogP contribution is 2.33. The largest absolute Gasteiger partial charge is 0.480 e. The molecule has 2 aliphatic rings. The third-order valence-corrected chi connectivity index (χ3v) is 4.97. The van der Waals surface area contributed by atoms with Crippen molar-refractivity contribution in [1.29, 1.82) is 0 Å². The van der Waals surface area contributed by atoms with Gasteiger partial charge in [0.15, 0.2) is 0 Å². The SMILES string of the molecule is O=C(NC1CCS(=O)CC1)N[C@@H](CC1CC1)C(=O)O. The summed E-state index contributed by atoms with van der Waals surface area (Å²) in [6.45, 7) is 0. The van der Waals surface area contributed by atoms with E-state index >= 15 is 0 Å². The molecule has 1 saturated carbocycles. The van der Waals surface area contributed by atoms with Crippen molar-refractivity contribution in [1.82, 2.24) is 10.6 Å². The van der Waals surface area contributed by atoms with Gasteiger partial charge in [0.1, 0.15) is 6.04 Å². The summed E-state index contributed by atoms with van der Waals surface area (Å²) < 4.78 is 11.2. The molecule has 3 N–H and O–H groups in total. The number of carbonyl (C=O) groups is 2. The van der Waals surface area contributed by atoms with Gasteiger partial charge in [-0.2, -0.15) is 0 Å². The van der Waals surface area contributed by atoms with Crippen LogP contribution in [0.2, 0.25) is 0 Å². The third-order valence-electron chi connectivity index (χ3n) is 3.59. The molecule has 0 unspecified atom stereocenters. The Morgan fingerprint density at radius 2 is 1.84 bits per heavy atom. The van der Waals surface area contributed by atoms with Crippen LogP contribution in [-0.4, -0.2) is 44.9 Å². The highest BCUT2D eigenvalue weighted by molar-refractivity contribution is 7.85. The Morgan fingerprint density at radius 1 is 1.21 bits per heavy atom. The van der Waals surface area contributed by atoms with Crippen LogP contribution in [0, 0.1) is 5.92 Å². The third kappa shape index (κ3) is 4.81. The molecule has 1 saturated heterocycles. The second-order valence-electron chi connectivity index (χ2n) is 5.31. The summed E-state index contributed by atoms with van der Waals surface area (Å²) in [6, 6.07) is -1.22. The lowest BCUT2D eigenvalue weighted by molar-refractivity contribution is -0.139. The Kier molecular flexibility index (Phi) is 4.79. The average molecular weight is 288 g/mol. The summed E-state index contributed by atoms with van der Waals surface area (Å²) in [5.41, 5.74) is 0. The van der Waals surface area contributed by atoms with Crippen LogP contribution in [0.4, 0.5) is 4.79 Å². The van der Waals surface area contributed by atoms with Crippen LogP contribution in [-0.2, 0) is 15.6 Å². The van der Waals surface area contributed by atoms with Crippen LogP contribution in [0.5, 0.6) is 0 Å². The molecular weight excluding hydrogens is 268 g/mol. The minimum Gasteiger partial charge on any atom is -0.480 e. The maximum atomic E-state index is 11.7. The number of hydrogen-bond acceptors (Lipinski definition) is 3. The van der Waals surface area contributed by atoms with Gasteiger partial charge >= 0.3 is 12.0 Å². The molecule has 6 nitrogen and oxygen atoms in total. The van der Waals surface area contributed by atoms with E-state index in [1.54, 1.807) is 0 Å². The van der Waals surface area contributed by atoms with E-state index in [9.17, 15) is 13.8 Å². The van der Waals surface area contributed by atoms with E-state index in [1.165, 1.54) is 0 Å². The van der Waals surface area contributed by atoms with Crippen molar-refractivity contribution in [3.05, 3.63) is 0 Å². The Labute approximate surface area is 114 Å². The van der Waals surface area contributed by atoms with Crippen LogP contribution in [0.15, 0.2) is 0 Å². The van der Waals surface area contributed by atoms with Crippen LogP contribution in [0.3, 0.4) is 0 Å². The fourth-order valence-corrected chi connectivity index (χ4v) is 3.53. The zero-order valence-electron chi connectivity index (χ0n) is 10.8. The number of amides is 2. The molecule has 108 valence electrons. The van der Waals surface area contributed by atoms with Gasteiger partial charge < -0.3 is 15.7 Å².